The van der Waals surface area contributed by atoms with Crippen molar-refractivity contribution in [2.45, 2.75) is 26.2 Å². The molecule has 0 aromatic carbocycles. The molecule has 0 unspecified atom stereocenters. The summed E-state index contributed by atoms with van der Waals surface area (Å²) in [4.78, 5) is 0. The molecule has 62 valence electrons. The van der Waals surface area contributed by atoms with E-state index in [1.807, 2.05) is 26.8 Å². The van der Waals surface area contributed by atoms with Crippen molar-refractivity contribution in [1.29, 1.82) is 0 Å². The highest BCUT2D eigenvalue weighted by Crippen LogP contribution is 2.21. The molecule has 1 aromatic heterocycles. The second-order valence-electron chi connectivity index (χ2n) is 3.42. The molecule has 0 spiro atoms. The first kappa shape index (κ1) is 8.27. The van der Waals surface area contributed by atoms with Crippen LogP contribution in [0.3, 0.4) is 0 Å². The van der Waals surface area contributed by atoms with E-state index in [-0.39, 0.29) is 5.41 Å². The zero-order valence-corrected chi connectivity index (χ0v) is 7.22. The van der Waals surface area contributed by atoms with Crippen LogP contribution in [-0.2, 0) is 5.41 Å². The van der Waals surface area contributed by atoms with E-state index in [4.69, 9.17) is 10.3 Å². The molecule has 1 aromatic rings. The largest absolute Gasteiger partial charge is 0.361 e. The van der Waals surface area contributed by atoms with E-state index in [0.29, 0.717) is 6.54 Å². The van der Waals surface area contributed by atoms with Crippen molar-refractivity contribution in [3.8, 4) is 0 Å². The molecule has 0 aliphatic rings. The Morgan fingerprint density at radius 1 is 1.64 bits per heavy atom. The van der Waals surface area contributed by atoms with Crippen LogP contribution < -0.4 is 5.73 Å². The third-order valence-electron chi connectivity index (χ3n) is 1.81. The van der Waals surface area contributed by atoms with Crippen molar-refractivity contribution in [3.05, 3.63) is 17.5 Å². The van der Waals surface area contributed by atoms with Crippen molar-refractivity contribution < 1.29 is 4.52 Å². The lowest BCUT2D eigenvalue weighted by atomic mass is 9.90. The van der Waals surface area contributed by atoms with Crippen molar-refractivity contribution in [2.75, 3.05) is 6.54 Å². The summed E-state index contributed by atoms with van der Waals surface area (Å²) < 4.78 is 5.09. The average Bonchev–Trinajstić information content (AvgIpc) is 2.36. The van der Waals surface area contributed by atoms with Crippen LogP contribution in [0.4, 0.5) is 0 Å². The van der Waals surface area contributed by atoms with Gasteiger partial charge in [0.15, 0.2) is 0 Å². The van der Waals surface area contributed by atoms with Gasteiger partial charge in [-0.1, -0.05) is 19.0 Å². The minimum atomic E-state index is -0.0960. The smallest absolute Gasteiger partial charge is 0.143 e. The van der Waals surface area contributed by atoms with Gasteiger partial charge in [-0.2, -0.15) is 0 Å². The molecule has 0 fully saturated rings. The van der Waals surface area contributed by atoms with E-state index in [0.717, 1.165) is 11.5 Å². The molecular weight excluding hydrogens is 140 g/mol. The predicted molar refractivity (Wildman–Crippen MR) is 43.3 cm³/mol. The normalized spacial score (nSPS) is 12.0. The highest BCUT2D eigenvalue weighted by molar-refractivity contribution is 5.13. The Kier molecular flexibility index (Phi) is 2.00. The molecular formula is C8H14N2O. The maximum absolute atomic E-state index is 5.56. The van der Waals surface area contributed by atoms with Crippen LogP contribution in [0.1, 0.15) is 25.3 Å². The first-order valence-electron chi connectivity index (χ1n) is 3.70. The Hall–Kier alpha value is -0.830. The summed E-state index contributed by atoms with van der Waals surface area (Å²) in [6, 6.07) is 1.92. The van der Waals surface area contributed by atoms with Crippen LogP contribution in [0.15, 0.2) is 10.6 Å². The number of aromatic nitrogens is 1. The second kappa shape index (κ2) is 2.66. The third-order valence-corrected chi connectivity index (χ3v) is 1.81. The van der Waals surface area contributed by atoms with Crippen LogP contribution in [0.25, 0.3) is 0 Å². The summed E-state index contributed by atoms with van der Waals surface area (Å²) in [5.41, 5.74) is 6.37. The Bertz CT molecular complexity index is 240. The summed E-state index contributed by atoms with van der Waals surface area (Å²) in [5.74, 6) is 0.859. The van der Waals surface area contributed by atoms with E-state index >= 15 is 0 Å². The maximum atomic E-state index is 5.56. The van der Waals surface area contributed by atoms with Gasteiger partial charge in [-0.05, 0) is 6.92 Å². The highest BCUT2D eigenvalue weighted by Gasteiger charge is 2.22. The van der Waals surface area contributed by atoms with Gasteiger partial charge < -0.3 is 10.3 Å². The van der Waals surface area contributed by atoms with Gasteiger partial charge >= 0.3 is 0 Å². The van der Waals surface area contributed by atoms with E-state index < -0.39 is 0 Å². The first-order chi connectivity index (χ1) is 5.06. The van der Waals surface area contributed by atoms with Crippen molar-refractivity contribution in [1.82, 2.24) is 5.16 Å². The molecule has 0 amide bonds. The molecule has 0 aliphatic heterocycles. The Labute approximate surface area is 66.6 Å². The van der Waals surface area contributed by atoms with Crippen molar-refractivity contribution >= 4 is 0 Å². The highest BCUT2D eigenvalue weighted by atomic mass is 16.5. The number of nitrogens with zero attached hydrogens (tertiary/aromatic N) is 1. The quantitative estimate of drug-likeness (QED) is 0.696. The fraction of sp³-hybridized carbons (Fsp3) is 0.625. The Morgan fingerprint density at radius 3 is 2.64 bits per heavy atom. The van der Waals surface area contributed by atoms with E-state index in [1.165, 1.54) is 0 Å². The molecule has 3 nitrogen and oxygen atoms in total. The van der Waals surface area contributed by atoms with Gasteiger partial charge in [0, 0.05) is 18.0 Å². The summed E-state index contributed by atoms with van der Waals surface area (Å²) in [6.45, 7) is 6.54. The molecule has 3 heteroatoms. The van der Waals surface area contributed by atoms with Crippen LogP contribution in [0.5, 0.6) is 0 Å². The summed E-state index contributed by atoms with van der Waals surface area (Å²) in [6.07, 6.45) is 0. The Balaban J connectivity index is 2.92. The molecule has 0 aliphatic carbocycles. The summed E-state index contributed by atoms with van der Waals surface area (Å²) in [5, 5.41) is 3.80. The van der Waals surface area contributed by atoms with Gasteiger partial charge in [0.25, 0.3) is 0 Å². The molecule has 0 atom stereocenters. The topological polar surface area (TPSA) is 52.0 Å². The first-order valence-corrected chi connectivity index (χ1v) is 3.70. The fourth-order valence-corrected chi connectivity index (χ4v) is 0.783. The molecule has 1 rings (SSSR count). The SMILES string of the molecule is Cc1cc(C(C)(C)CN)on1. The molecule has 1 heterocycles. The van der Waals surface area contributed by atoms with Gasteiger partial charge in [0.1, 0.15) is 5.76 Å². The molecule has 0 radical (unpaired) electrons. The number of hydrogen-bond acceptors (Lipinski definition) is 3. The monoisotopic (exact) mass is 154 g/mol. The predicted octanol–water partition coefficient (Wildman–Crippen LogP) is 1.22. The number of aryl methyl sites for hydroxylation is 1. The Morgan fingerprint density at radius 2 is 2.27 bits per heavy atom. The summed E-state index contributed by atoms with van der Waals surface area (Å²) in [7, 11) is 0. The number of hydrogen-bond donors (Lipinski definition) is 1. The van der Waals surface area contributed by atoms with Crippen molar-refractivity contribution in [3.63, 3.8) is 0 Å². The number of nitrogens with two attached hydrogens (primary N) is 1. The lowest BCUT2D eigenvalue weighted by molar-refractivity contribution is 0.318. The van der Waals surface area contributed by atoms with Crippen LogP contribution in [-0.4, -0.2) is 11.7 Å². The minimum absolute atomic E-state index is 0.0960. The number of rotatable bonds is 2. The van der Waals surface area contributed by atoms with Crippen LogP contribution in [0.2, 0.25) is 0 Å². The summed E-state index contributed by atoms with van der Waals surface area (Å²) >= 11 is 0. The fourth-order valence-electron chi connectivity index (χ4n) is 0.783. The van der Waals surface area contributed by atoms with Crippen LogP contribution >= 0.6 is 0 Å². The molecule has 0 saturated carbocycles. The lowest BCUT2D eigenvalue weighted by Gasteiger charge is -2.17. The van der Waals surface area contributed by atoms with E-state index in [9.17, 15) is 0 Å². The maximum Gasteiger partial charge on any atom is 0.143 e. The van der Waals surface area contributed by atoms with Crippen molar-refractivity contribution in [2.24, 2.45) is 5.73 Å². The van der Waals surface area contributed by atoms with Gasteiger partial charge in [-0.3, -0.25) is 0 Å². The minimum Gasteiger partial charge on any atom is -0.361 e. The molecule has 0 bridgehead atoms. The molecule has 2 N–H and O–H groups in total. The van der Waals surface area contributed by atoms with E-state index in [2.05, 4.69) is 5.16 Å². The van der Waals surface area contributed by atoms with Gasteiger partial charge in [0.2, 0.25) is 0 Å². The van der Waals surface area contributed by atoms with Gasteiger partial charge in [0.05, 0.1) is 5.69 Å². The zero-order valence-electron chi connectivity index (χ0n) is 7.22. The third kappa shape index (κ3) is 1.60. The second-order valence-corrected chi connectivity index (χ2v) is 3.42. The lowest BCUT2D eigenvalue weighted by Crippen LogP contribution is -2.27. The molecule has 11 heavy (non-hydrogen) atoms. The van der Waals surface area contributed by atoms with Gasteiger partial charge in [-0.25, -0.2) is 0 Å². The van der Waals surface area contributed by atoms with E-state index in [1.54, 1.807) is 0 Å². The molecule has 0 saturated heterocycles. The van der Waals surface area contributed by atoms with Crippen LogP contribution in [0, 0.1) is 6.92 Å². The average molecular weight is 154 g/mol. The zero-order chi connectivity index (χ0) is 8.48. The standard InChI is InChI=1S/C8H14N2O/c1-6-4-7(11-10-6)8(2,3)5-9/h4H,5,9H2,1-3H3. The van der Waals surface area contributed by atoms with Gasteiger partial charge in [-0.15, -0.1) is 0 Å².